The summed E-state index contributed by atoms with van der Waals surface area (Å²) < 4.78 is 1.84. The molecule has 26 heavy (non-hydrogen) atoms. The minimum Gasteiger partial charge on any atom is -0.347 e. The quantitative estimate of drug-likeness (QED) is 0.850. The number of hydrogen-bond donors (Lipinski definition) is 0. The lowest BCUT2D eigenvalue weighted by Gasteiger charge is -2.39. The van der Waals surface area contributed by atoms with Gasteiger partial charge in [-0.05, 0) is 49.1 Å². The number of pyridine rings is 1. The first-order valence-electron chi connectivity index (χ1n) is 9.18. The first-order chi connectivity index (χ1) is 12.6. The summed E-state index contributed by atoms with van der Waals surface area (Å²) in [5.74, 6) is 0.218. The topological polar surface area (TPSA) is 58.4 Å². The predicted octanol–water partition coefficient (Wildman–Crippen LogP) is 2.08. The molecule has 2 amide bonds. The lowest BCUT2D eigenvalue weighted by atomic mass is 9.78. The van der Waals surface area contributed by atoms with Crippen molar-refractivity contribution in [3.05, 3.63) is 54.1 Å². The molecule has 2 fully saturated rings. The van der Waals surface area contributed by atoms with Crippen LogP contribution in [0.5, 0.6) is 0 Å². The fourth-order valence-electron chi connectivity index (χ4n) is 4.28. The van der Waals surface area contributed by atoms with E-state index in [1.807, 2.05) is 51.9 Å². The fourth-order valence-corrected chi connectivity index (χ4v) is 4.28. The van der Waals surface area contributed by atoms with Gasteiger partial charge in [0.1, 0.15) is 5.69 Å². The van der Waals surface area contributed by atoms with Gasteiger partial charge in [-0.2, -0.15) is 0 Å². The van der Waals surface area contributed by atoms with Gasteiger partial charge < -0.3 is 14.4 Å². The van der Waals surface area contributed by atoms with E-state index in [9.17, 15) is 9.59 Å². The third-order valence-corrected chi connectivity index (χ3v) is 5.75. The summed E-state index contributed by atoms with van der Waals surface area (Å²) >= 11 is 0. The van der Waals surface area contributed by atoms with Crippen LogP contribution >= 0.6 is 0 Å². The SMILES string of the molecule is Cn1cccc1C(=O)N1CCC[C@]2(CCN(Cc3ccncc3)C2=O)C1. The molecule has 2 aliphatic heterocycles. The summed E-state index contributed by atoms with van der Waals surface area (Å²) in [5, 5.41) is 0. The zero-order valence-electron chi connectivity index (χ0n) is 15.1. The Bertz CT molecular complexity index is 816. The van der Waals surface area contributed by atoms with E-state index in [1.54, 1.807) is 12.4 Å². The van der Waals surface area contributed by atoms with Gasteiger partial charge in [0, 0.05) is 51.8 Å². The maximum absolute atomic E-state index is 13.2. The van der Waals surface area contributed by atoms with Crippen molar-refractivity contribution in [1.29, 1.82) is 0 Å². The van der Waals surface area contributed by atoms with E-state index in [0.717, 1.165) is 37.9 Å². The second-order valence-corrected chi connectivity index (χ2v) is 7.45. The normalized spacial score (nSPS) is 23.0. The highest BCUT2D eigenvalue weighted by atomic mass is 16.2. The van der Waals surface area contributed by atoms with Gasteiger partial charge in [-0.3, -0.25) is 14.6 Å². The van der Waals surface area contributed by atoms with E-state index in [2.05, 4.69) is 4.98 Å². The van der Waals surface area contributed by atoms with Crippen LogP contribution in [0.15, 0.2) is 42.9 Å². The van der Waals surface area contributed by atoms with Gasteiger partial charge in [0.2, 0.25) is 5.91 Å². The Labute approximate surface area is 153 Å². The summed E-state index contributed by atoms with van der Waals surface area (Å²) in [4.78, 5) is 33.9. The molecule has 0 N–H and O–H groups in total. The van der Waals surface area contributed by atoms with Crippen LogP contribution in [0.3, 0.4) is 0 Å². The minimum absolute atomic E-state index is 0.0250. The molecule has 0 aromatic carbocycles. The lowest BCUT2D eigenvalue weighted by molar-refractivity contribution is -0.138. The first-order valence-corrected chi connectivity index (χ1v) is 9.18. The van der Waals surface area contributed by atoms with Crippen LogP contribution in [-0.2, 0) is 18.4 Å². The lowest BCUT2D eigenvalue weighted by Crippen LogP contribution is -2.50. The fraction of sp³-hybridized carbons (Fsp3) is 0.450. The van der Waals surface area contributed by atoms with E-state index >= 15 is 0 Å². The number of carbonyl (C=O) groups excluding carboxylic acids is 2. The van der Waals surface area contributed by atoms with E-state index in [4.69, 9.17) is 0 Å². The second-order valence-electron chi connectivity index (χ2n) is 7.45. The first kappa shape index (κ1) is 16.8. The summed E-state index contributed by atoms with van der Waals surface area (Å²) in [6, 6.07) is 7.62. The highest BCUT2D eigenvalue weighted by Crippen LogP contribution is 2.41. The smallest absolute Gasteiger partial charge is 0.270 e. The average molecular weight is 352 g/mol. The maximum atomic E-state index is 13.2. The van der Waals surface area contributed by atoms with Gasteiger partial charge in [0.15, 0.2) is 0 Å². The van der Waals surface area contributed by atoms with Crippen molar-refractivity contribution in [3.63, 3.8) is 0 Å². The molecule has 0 unspecified atom stereocenters. The zero-order chi connectivity index (χ0) is 18.1. The number of piperidine rings is 1. The predicted molar refractivity (Wildman–Crippen MR) is 97.3 cm³/mol. The molecule has 136 valence electrons. The number of aromatic nitrogens is 2. The van der Waals surface area contributed by atoms with Gasteiger partial charge in [-0.1, -0.05) is 0 Å². The van der Waals surface area contributed by atoms with Crippen molar-refractivity contribution in [1.82, 2.24) is 19.4 Å². The maximum Gasteiger partial charge on any atom is 0.270 e. The summed E-state index contributed by atoms with van der Waals surface area (Å²) in [6.45, 7) is 2.63. The van der Waals surface area contributed by atoms with Crippen molar-refractivity contribution in [2.45, 2.75) is 25.8 Å². The number of likely N-dealkylation sites (tertiary alicyclic amines) is 2. The van der Waals surface area contributed by atoms with Crippen molar-refractivity contribution >= 4 is 11.8 Å². The Morgan fingerprint density at radius 3 is 2.73 bits per heavy atom. The largest absolute Gasteiger partial charge is 0.347 e. The average Bonchev–Trinajstić information content (AvgIpc) is 3.21. The molecule has 4 rings (SSSR count). The number of amides is 2. The summed E-state index contributed by atoms with van der Waals surface area (Å²) in [5.41, 5.74) is 1.37. The highest BCUT2D eigenvalue weighted by molar-refractivity contribution is 5.94. The van der Waals surface area contributed by atoms with Crippen molar-refractivity contribution in [2.75, 3.05) is 19.6 Å². The van der Waals surface area contributed by atoms with E-state index in [0.29, 0.717) is 18.8 Å². The van der Waals surface area contributed by atoms with Gasteiger partial charge in [-0.15, -0.1) is 0 Å². The van der Waals surface area contributed by atoms with Gasteiger partial charge in [0.25, 0.3) is 5.91 Å². The molecule has 6 heteroatoms. The minimum atomic E-state index is -0.411. The number of carbonyl (C=O) groups is 2. The molecule has 0 bridgehead atoms. The van der Waals surface area contributed by atoms with Gasteiger partial charge >= 0.3 is 0 Å². The van der Waals surface area contributed by atoms with Crippen molar-refractivity contribution in [2.24, 2.45) is 12.5 Å². The molecule has 0 saturated carbocycles. The van der Waals surface area contributed by atoms with E-state index in [1.165, 1.54) is 0 Å². The molecule has 4 heterocycles. The molecular formula is C20H24N4O2. The van der Waals surface area contributed by atoms with Crippen LogP contribution < -0.4 is 0 Å². The molecule has 2 saturated heterocycles. The van der Waals surface area contributed by atoms with Crippen LogP contribution in [0.25, 0.3) is 0 Å². The Kier molecular flexibility index (Phi) is 4.26. The molecule has 2 aromatic rings. The van der Waals surface area contributed by atoms with Crippen LogP contribution in [-0.4, -0.2) is 50.8 Å². The third kappa shape index (κ3) is 2.89. The summed E-state index contributed by atoms with van der Waals surface area (Å²) in [7, 11) is 1.88. The monoisotopic (exact) mass is 352 g/mol. The van der Waals surface area contributed by atoms with Crippen LogP contribution in [0.4, 0.5) is 0 Å². The Morgan fingerprint density at radius 1 is 1.19 bits per heavy atom. The molecule has 2 aliphatic rings. The second kappa shape index (κ2) is 6.59. The Balaban J connectivity index is 1.49. The van der Waals surface area contributed by atoms with Crippen LogP contribution in [0.1, 0.15) is 35.3 Å². The van der Waals surface area contributed by atoms with Crippen molar-refractivity contribution < 1.29 is 9.59 Å². The Hall–Kier alpha value is -2.63. The van der Waals surface area contributed by atoms with Gasteiger partial charge in [0.05, 0.1) is 5.41 Å². The number of nitrogens with zero attached hydrogens (tertiary/aromatic N) is 4. The van der Waals surface area contributed by atoms with Gasteiger partial charge in [-0.25, -0.2) is 0 Å². The van der Waals surface area contributed by atoms with E-state index < -0.39 is 5.41 Å². The van der Waals surface area contributed by atoms with Crippen LogP contribution in [0.2, 0.25) is 0 Å². The molecule has 1 spiro atoms. The van der Waals surface area contributed by atoms with E-state index in [-0.39, 0.29) is 11.8 Å². The molecule has 0 radical (unpaired) electrons. The molecule has 2 aromatic heterocycles. The number of aryl methyl sites for hydroxylation is 1. The van der Waals surface area contributed by atoms with Crippen LogP contribution in [0, 0.1) is 5.41 Å². The van der Waals surface area contributed by atoms with Crippen molar-refractivity contribution in [3.8, 4) is 0 Å². The Morgan fingerprint density at radius 2 is 2.00 bits per heavy atom. The standard InChI is InChI=1S/C20H24N4O2/c1-22-11-2-4-17(22)18(25)24-12-3-7-20(15-24)8-13-23(19(20)26)14-16-5-9-21-10-6-16/h2,4-6,9-11H,3,7-8,12-15H2,1H3/t20-/m0/s1. The summed E-state index contributed by atoms with van der Waals surface area (Å²) in [6.07, 6.45) is 7.97. The highest BCUT2D eigenvalue weighted by Gasteiger charge is 2.49. The molecule has 1 atom stereocenters. The number of hydrogen-bond acceptors (Lipinski definition) is 3. The zero-order valence-corrected chi connectivity index (χ0v) is 15.1. The number of rotatable bonds is 3. The molecule has 6 nitrogen and oxygen atoms in total. The molecular weight excluding hydrogens is 328 g/mol. The molecule has 0 aliphatic carbocycles. The third-order valence-electron chi connectivity index (χ3n) is 5.75.